The molecular formula is C18H31NO. The summed E-state index contributed by atoms with van der Waals surface area (Å²) in [4.78, 5) is 0. The Balaban J connectivity index is 2.91. The van der Waals surface area contributed by atoms with E-state index in [1.807, 2.05) is 0 Å². The van der Waals surface area contributed by atoms with E-state index in [1.54, 1.807) is 0 Å². The van der Waals surface area contributed by atoms with Crippen LogP contribution < -0.4 is 5.32 Å². The normalized spacial score (nSPS) is 13.5. The molecule has 114 valence electrons. The number of aryl methyl sites for hydroxylation is 2. The van der Waals surface area contributed by atoms with Gasteiger partial charge in [0, 0.05) is 12.6 Å². The summed E-state index contributed by atoms with van der Waals surface area (Å²) in [6.07, 6.45) is 2.16. The quantitative estimate of drug-likeness (QED) is 0.774. The van der Waals surface area contributed by atoms with Crippen LogP contribution in [0.5, 0.6) is 0 Å². The average molecular weight is 277 g/mol. The summed E-state index contributed by atoms with van der Waals surface area (Å²) in [5.74, 6) is 0. The van der Waals surface area contributed by atoms with Gasteiger partial charge in [0.25, 0.3) is 0 Å². The van der Waals surface area contributed by atoms with Gasteiger partial charge in [-0.2, -0.15) is 0 Å². The van der Waals surface area contributed by atoms with E-state index in [4.69, 9.17) is 4.74 Å². The summed E-state index contributed by atoms with van der Waals surface area (Å²) >= 11 is 0. The molecule has 0 heterocycles. The first-order valence-corrected chi connectivity index (χ1v) is 7.84. The maximum Gasteiger partial charge on any atom is 0.0781 e. The highest BCUT2D eigenvalue weighted by Gasteiger charge is 2.29. The van der Waals surface area contributed by atoms with E-state index < -0.39 is 0 Å². The van der Waals surface area contributed by atoms with Crippen LogP contribution >= 0.6 is 0 Å². The number of ether oxygens (including phenoxy) is 1. The van der Waals surface area contributed by atoms with E-state index in [-0.39, 0.29) is 5.60 Å². The lowest BCUT2D eigenvalue weighted by atomic mass is 9.89. The molecule has 0 amide bonds. The van der Waals surface area contributed by atoms with E-state index in [0.717, 1.165) is 26.0 Å². The minimum Gasteiger partial charge on any atom is -0.374 e. The average Bonchev–Trinajstić information content (AvgIpc) is 2.38. The predicted molar refractivity (Wildman–Crippen MR) is 87.4 cm³/mol. The smallest absolute Gasteiger partial charge is 0.0781 e. The zero-order valence-corrected chi connectivity index (χ0v) is 14.0. The molecule has 2 nitrogen and oxygen atoms in total. The highest BCUT2D eigenvalue weighted by Crippen LogP contribution is 2.21. The molecule has 0 saturated heterocycles. The molecule has 0 radical (unpaired) electrons. The lowest BCUT2D eigenvalue weighted by Gasteiger charge is -2.35. The van der Waals surface area contributed by atoms with Crippen LogP contribution in [0.3, 0.4) is 0 Å². The first kappa shape index (κ1) is 17.2. The summed E-state index contributed by atoms with van der Waals surface area (Å²) in [6, 6.07) is 7.04. The summed E-state index contributed by atoms with van der Waals surface area (Å²) in [7, 11) is 0. The van der Waals surface area contributed by atoms with Crippen LogP contribution in [0, 0.1) is 13.8 Å². The van der Waals surface area contributed by atoms with Crippen molar-refractivity contribution in [2.75, 3.05) is 13.2 Å². The molecule has 0 aliphatic carbocycles. The molecule has 0 aromatic heterocycles. The molecule has 1 aromatic rings. The van der Waals surface area contributed by atoms with Crippen LogP contribution in [0.4, 0.5) is 0 Å². The largest absolute Gasteiger partial charge is 0.374 e. The predicted octanol–water partition coefficient (Wildman–Crippen LogP) is 4.03. The van der Waals surface area contributed by atoms with Crippen molar-refractivity contribution in [1.29, 1.82) is 0 Å². The topological polar surface area (TPSA) is 21.3 Å². The highest BCUT2D eigenvalue weighted by atomic mass is 16.5. The third-order valence-electron chi connectivity index (χ3n) is 3.92. The fourth-order valence-electron chi connectivity index (χ4n) is 2.60. The number of hydrogen-bond donors (Lipinski definition) is 1. The van der Waals surface area contributed by atoms with Crippen molar-refractivity contribution in [3.8, 4) is 0 Å². The second-order valence-corrected chi connectivity index (χ2v) is 6.18. The molecule has 1 aromatic carbocycles. The molecule has 1 unspecified atom stereocenters. The summed E-state index contributed by atoms with van der Waals surface area (Å²) < 4.78 is 5.97. The van der Waals surface area contributed by atoms with Gasteiger partial charge in [-0.25, -0.2) is 0 Å². The zero-order valence-electron chi connectivity index (χ0n) is 14.0. The summed E-state index contributed by atoms with van der Waals surface area (Å²) in [5, 5.41) is 3.66. The first-order valence-electron chi connectivity index (χ1n) is 7.84. The number of hydrogen-bond acceptors (Lipinski definition) is 2. The monoisotopic (exact) mass is 277 g/mol. The van der Waals surface area contributed by atoms with E-state index in [2.05, 4.69) is 65.1 Å². The SMILES string of the molecule is CCCNC(Cc1cc(C)ccc1C)C(C)(C)OCC. The third kappa shape index (κ3) is 4.92. The fourth-order valence-corrected chi connectivity index (χ4v) is 2.60. The van der Waals surface area contributed by atoms with Crippen molar-refractivity contribution in [2.45, 2.75) is 66.0 Å². The van der Waals surface area contributed by atoms with E-state index in [0.29, 0.717) is 6.04 Å². The molecule has 1 N–H and O–H groups in total. The van der Waals surface area contributed by atoms with Crippen LogP contribution in [-0.4, -0.2) is 24.8 Å². The molecule has 0 spiro atoms. The number of nitrogens with one attached hydrogen (secondary N) is 1. The third-order valence-corrected chi connectivity index (χ3v) is 3.92. The van der Waals surface area contributed by atoms with Gasteiger partial charge in [0.05, 0.1) is 5.60 Å². The van der Waals surface area contributed by atoms with Crippen molar-refractivity contribution in [2.24, 2.45) is 0 Å². The molecule has 0 fully saturated rings. The zero-order chi connectivity index (χ0) is 15.2. The molecule has 0 bridgehead atoms. The van der Waals surface area contributed by atoms with E-state index in [1.165, 1.54) is 16.7 Å². The Morgan fingerprint density at radius 2 is 1.90 bits per heavy atom. The molecule has 0 saturated carbocycles. The Morgan fingerprint density at radius 3 is 2.50 bits per heavy atom. The van der Waals surface area contributed by atoms with Gasteiger partial charge < -0.3 is 10.1 Å². The lowest BCUT2D eigenvalue weighted by Crippen LogP contribution is -2.50. The van der Waals surface area contributed by atoms with Gasteiger partial charge in [-0.3, -0.25) is 0 Å². The molecule has 0 aliphatic rings. The molecule has 1 atom stereocenters. The first-order chi connectivity index (χ1) is 9.40. The van der Waals surface area contributed by atoms with Crippen molar-refractivity contribution in [3.05, 3.63) is 34.9 Å². The van der Waals surface area contributed by atoms with Crippen molar-refractivity contribution < 1.29 is 4.74 Å². The second-order valence-electron chi connectivity index (χ2n) is 6.18. The van der Waals surface area contributed by atoms with E-state index >= 15 is 0 Å². The van der Waals surface area contributed by atoms with Crippen molar-refractivity contribution in [1.82, 2.24) is 5.32 Å². The van der Waals surface area contributed by atoms with Crippen LogP contribution in [0.25, 0.3) is 0 Å². The minimum absolute atomic E-state index is 0.153. The van der Waals surface area contributed by atoms with Gasteiger partial charge in [-0.1, -0.05) is 30.7 Å². The fraction of sp³-hybridized carbons (Fsp3) is 0.667. The lowest BCUT2D eigenvalue weighted by molar-refractivity contribution is -0.0380. The molecule has 0 aliphatic heterocycles. The maximum atomic E-state index is 5.97. The van der Waals surface area contributed by atoms with Gasteiger partial charge >= 0.3 is 0 Å². The van der Waals surface area contributed by atoms with Crippen LogP contribution in [0.2, 0.25) is 0 Å². The van der Waals surface area contributed by atoms with E-state index in [9.17, 15) is 0 Å². The Kier molecular flexibility index (Phi) is 6.70. The molecule has 2 heteroatoms. The van der Waals surface area contributed by atoms with Gasteiger partial charge in [-0.05, 0) is 65.1 Å². The number of rotatable bonds is 8. The Bertz CT molecular complexity index is 412. The van der Waals surface area contributed by atoms with Crippen LogP contribution in [0.1, 0.15) is 50.8 Å². The Morgan fingerprint density at radius 1 is 1.20 bits per heavy atom. The number of benzene rings is 1. The minimum atomic E-state index is -0.153. The second kappa shape index (κ2) is 7.80. The van der Waals surface area contributed by atoms with Crippen molar-refractivity contribution in [3.63, 3.8) is 0 Å². The summed E-state index contributed by atoms with van der Waals surface area (Å²) in [6.45, 7) is 14.8. The van der Waals surface area contributed by atoms with Crippen LogP contribution in [-0.2, 0) is 11.2 Å². The summed E-state index contributed by atoms with van der Waals surface area (Å²) in [5.41, 5.74) is 3.96. The molecule has 20 heavy (non-hydrogen) atoms. The Hall–Kier alpha value is -0.860. The van der Waals surface area contributed by atoms with Gasteiger partial charge in [0.2, 0.25) is 0 Å². The van der Waals surface area contributed by atoms with Crippen LogP contribution in [0.15, 0.2) is 18.2 Å². The highest BCUT2D eigenvalue weighted by molar-refractivity contribution is 5.31. The van der Waals surface area contributed by atoms with Crippen molar-refractivity contribution >= 4 is 0 Å². The Labute approximate surface area is 124 Å². The standard InChI is InChI=1S/C18H31NO/c1-7-11-19-17(18(5,6)20-8-2)13-16-12-14(3)9-10-15(16)4/h9-10,12,17,19H,7-8,11,13H2,1-6H3. The molecular weight excluding hydrogens is 246 g/mol. The van der Waals surface area contributed by atoms with Gasteiger partial charge in [-0.15, -0.1) is 0 Å². The van der Waals surface area contributed by atoms with Gasteiger partial charge in [0.15, 0.2) is 0 Å². The maximum absolute atomic E-state index is 5.97. The van der Waals surface area contributed by atoms with Gasteiger partial charge in [0.1, 0.15) is 0 Å². The molecule has 1 rings (SSSR count).